The van der Waals surface area contributed by atoms with E-state index in [0.717, 1.165) is 0 Å². The summed E-state index contributed by atoms with van der Waals surface area (Å²) in [4.78, 5) is 20.1. The lowest BCUT2D eigenvalue weighted by Crippen LogP contribution is -2.44. The second-order valence-electron chi connectivity index (χ2n) is 5.83. The van der Waals surface area contributed by atoms with Crippen LogP contribution in [0.3, 0.4) is 0 Å². The van der Waals surface area contributed by atoms with Crippen LogP contribution in [0.5, 0.6) is 11.6 Å². The predicted octanol–water partition coefficient (Wildman–Crippen LogP) is 1.08. The minimum absolute atomic E-state index is 0.102. The molecular formula is C17H21FN4O4. The second-order valence-corrected chi connectivity index (χ2v) is 5.83. The SMILES string of the molecule is CNC(C)(Cc1nc(O)c(O)c(C(=O)NCc2ccc(F)cc2)n1)OC. The molecule has 0 radical (unpaired) electrons. The van der Waals surface area contributed by atoms with Crippen molar-refractivity contribution in [3.63, 3.8) is 0 Å². The van der Waals surface area contributed by atoms with Crippen LogP contribution in [0.25, 0.3) is 0 Å². The molecule has 1 aromatic carbocycles. The zero-order chi connectivity index (χ0) is 19.3. The Kier molecular flexibility index (Phi) is 6.06. The Labute approximate surface area is 150 Å². The number of rotatable bonds is 7. The number of benzene rings is 1. The summed E-state index contributed by atoms with van der Waals surface area (Å²) < 4.78 is 18.2. The van der Waals surface area contributed by atoms with E-state index in [1.54, 1.807) is 14.0 Å². The molecule has 1 unspecified atom stereocenters. The molecule has 4 N–H and O–H groups in total. The number of hydrogen-bond acceptors (Lipinski definition) is 7. The van der Waals surface area contributed by atoms with E-state index in [2.05, 4.69) is 20.6 Å². The van der Waals surface area contributed by atoms with Crippen molar-refractivity contribution >= 4 is 5.91 Å². The third-order valence-corrected chi connectivity index (χ3v) is 3.97. The highest BCUT2D eigenvalue weighted by molar-refractivity contribution is 5.95. The lowest BCUT2D eigenvalue weighted by atomic mass is 10.1. The number of amides is 1. The molecule has 8 nitrogen and oxygen atoms in total. The fourth-order valence-corrected chi connectivity index (χ4v) is 2.16. The second kappa shape index (κ2) is 8.07. The first kappa shape index (κ1) is 19.5. The van der Waals surface area contributed by atoms with Gasteiger partial charge in [0.05, 0.1) is 6.42 Å². The Balaban J connectivity index is 2.19. The number of nitrogens with zero attached hydrogens (tertiary/aromatic N) is 2. The molecule has 0 aliphatic heterocycles. The van der Waals surface area contributed by atoms with Crippen LogP contribution >= 0.6 is 0 Å². The van der Waals surface area contributed by atoms with Crippen molar-refractivity contribution < 1.29 is 24.1 Å². The summed E-state index contributed by atoms with van der Waals surface area (Å²) in [5, 5.41) is 25.2. The molecule has 9 heteroatoms. The van der Waals surface area contributed by atoms with E-state index in [1.807, 2.05) is 0 Å². The first-order valence-electron chi connectivity index (χ1n) is 7.83. The molecule has 0 fully saturated rings. The standard InChI is InChI=1S/C17H21FN4O4/c1-17(19-2,26-3)8-12-21-13(14(23)16(25)22-12)15(24)20-9-10-4-6-11(18)7-5-10/h4-7,19,23H,8-9H2,1-3H3,(H,20,24)(H,21,22,25). The molecule has 1 amide bonds. The van der Waals surface area contributed by atoms with Crippen molar-refractivity contribution in [3.8, 4) is 11.6 Å². The zero-order valence-electron chi connectivity index (χ0n) is 14.7. The molecule has 0 spiro atoms. The molecule has 2 rings (SSSR count). The Morgan fingerprint density at radius 2 is 1.92 bits per heavy atom. The van der Waals surface area contributed by atoms with E-state index in [9.17, 15) is 19.4 Å². The maximum atomic E-state index is 12.9. The van der Waals surface area contributed by atoms with Gasteiger partial charge in [0.25, 0.3) is 11.8 Å². The lowest BCUT2D eigenvalue weighted by molar-refractivity contribution is -0.0184. The number of halogens is 1. The highest BCUT2D eigenvalue weighted by Crippen LogP contribution is 2.26. The molecule has 0 aliphatic rings. The fraction of sp³-hybridized carbons (Fsp3) is 0.353. The summed E-state index contributed by atoms with van der Waals surface area (Å²) in [6, 6.07) is 5.60. The highest BCUT2D eigenvalue weighted by Gasteiger charge is 2.26. The smallest absolute Gasteiger partial charge is 0.274 e. The van der Waals surface area contributed by atoms with E-state index in [0.29, 0.717) is 5.56 Å². The minimum atomic E-state index is -0.814. The largest absolute Gasteiger partial charge is 0.501 e. The quantitative estimate of drug-likeness (QED) is 0.543. The molecule has 2 aromatic rings. The van der Waals surface area contributed by atoms with Gasteiger partial charge in [0, 0.05) is 13.7 Å². The maximum Gasteiger partial charge on any atom is 0.274 e. The monoisotopic (exact) mass is 364 g/mol. The number of carbonyl (C=O) groups excluding carboxylic acids is 1. The topological polar surface area (TPSA) is 117 Å². The Morgan fingerprint density at radius 3 is 2.50 bits per heavy atom. The van der Waals surface area contributed by atoms with Crippen molar-refractivity contribution in [2.75, 3.05) is 14.2 Å². The van der Waals surface area contributed by atoms with Crippen molar-refractivity contribution in [1.29, 1.82) is 0 Å². The number of nitrogens with one attached hydrogen (secondary N) is 2. The number of hydrogen-bond donors (Lipinski definition) is 4. The van der Waals surface area contributed by atoms with Gasteiger partial charge in [0.2, 0.25) is 5.75 Å². The number of likely N-dealkylation sites (N-methyl/N-ethyl adjacent to an activating group) is 1. The van der Waals surface area contributed by atoms with Gasteiger partial charge < -0.3 is 20.3 Å². The summed E-state index contributed by atoms with van der Waals surface area (Å²) in [5.41, 5.74) is -0.505. The number of aromatic nitrogens is 2. The van der Waals surface area contributed by atoms with Crippen molar-refractivity contribution in [2.45, 2.75) is 25.6 Å². The third kappa shape index (κ3) is 4.64. The molecule has 0 bridgehead atoms. The van der Waals surface area contributed by atoms with E-state index in [1.165, 1.54) is 31.4 Å². The molecule has 26 heavy (non-hydrogen) atoms. The van der Waals surface area contributed by atoms with Gasteiger partial charge in [0.1, 0.15) is 17.4 Å². The molecule has 1 heterocycles. The Morgan fingerprint density at radius 1 is 1.27 bits per heavy atom. The van der Waals surface area contributed by atoms with Crippen LogP contribution in [0.15, 0.2) is 24.3 Å². The summed E-state index contributed by atoms with van der Waals surface area (Å²) in [6.45, 7) is 1.85. The van der Waals surface area contributed by atoms with E-state index >= 15 is 0 Å². The average Bonchev–Trinajstić information content (AvgIpc) is 2.63. The molecule has 0 saturated carbocycles. The summed E-state index contributed by atoms with van der Waals surface area (Å²) in [5.74, 6) is -2.38. The summed E-state index contributed by atoms with van der Waals surface area (Å²) in [7, 11) is 3.17. The van der Waals surface area contributed by atoms with Crippen LogP contribution < -0.4 is 10.6 Å². The maximum absolute atomic E-state index is 12.9. The molecule has 0 saturated heterocycles. The van der Waals surface area contributed by atoms with Gasteiger partial charge in [-0.2, -0.15) is 4.98 Å². The predicted molar refractivity (Wildman–Crippen MR) is 91.1 cm³/mol. The zero-order valence-corrected chi connectivity index (χ0v) is 14.7. The fourth-order valence-electron chi connectivity index (χ4n) is 2.16. The van der Waals surface area contributed by atoms with Gasteiger partial charge in [0.15, 0.2) is 5.69 Å². The van der Waals surface area contributed by atoms with Gasteiger partial charge in [-0.25, -0.2) is 9.37 Å². The van der Waals surface area contributed by atoms with Gasteiger partial charge in [-0.3, -0.25) is 10.1 Å². The van der Waals surface area contributed by atoms with Crippen LogP contribution in [-0.4, -0.2) is 46.0 Å². The summed E-state index contributed by atoms with van der Waals surface area (Å²) in [6.07, 6.45) is 0.145. The lowest BCUT2D eigenvalue weighted by Gasteiger charge is -2.26. The van der Waals surface area contributed by atoms with E-state index < -0.39 is 23.3 Å². The molecule has 140 valence electrons. The average molecular weight is 364 g/mol. The first-order chi connectivity index (χ1) is 12.3. The number of carbonyl (C=O) groups is 1. The van der Waals surface area contributed by atoms with E-state index in [-0.39, 0.29) is 30.3 Å². The van der Waals surface area contributed by atoms with Gasteiger partial charge in [-0.1, -0.05) is 12.1 Å². The van der Waals surface area contributed by atoms with Gasteiger partial charge >= 0.3 is 0 Å². The van der Waals surface area contributed by atoms with Crippen LogP contribution in [0, 0.1) is 5.82 Å². The molecule has 0 aliphatic carbocycles. The number of ether oxygens (including phenoxy) is 1. The van der Waals surface area contributed by atoms with Gasteiger partial charge in [-0.05, 0) is 31.7 Å². The Bertz CT molecular complexity index is 779. The molecule has 1 atom stereocenters. The normalized spacial score (nSPS) is 13.2. The molecular weight excluding hydrogens is 343 g/mol. The number of aromatic hydroxyl groups is 2. The first-order valence-corrected chi connectivity index (χ1v) is 7.83. The highest BCUT2D eigenvalue weighted by atomic mass is 19.1. The van der Waals surface area contributed by atoms with Crippen LogP contribution in [0.1, 0.15) is 28.8 Å². The van der Waals surface area contributed by atoms with Crippen LogP contribution in [-0.2, 0) is 17.7 Å². The van der Waals surface area contributed by atoms with E-state index in [4.69, 9.17) is 4.74 Å². The van der Waals surface area contributed by atoms with Crippen molar-refractivity contribution in [1.82, 2.24) is 20.6 Å². The molecule has 1 aromatic heterocycles. The number of methoxy groups -OCH3 is 1. The summed E-state index contributed by atoms with van der Waals surface area (Å²) >= 11 is 0. The van der Waals surface area contributed by atoms with Gasteiger partial charge in [-0.15, -0.1) is 0 Å². The minimum Gasteiger partial charge on any atom is -0.501 e. The van der Waals surface area contributed by atoms with Crippen molar-refractivity contribution in [2.24, 2.45) is 0 Å². The van der Waals surface area contributed by atoms with Crippen molar-refractivity contribution in [3.05, 3.63) is 47.2 Å². The Hall–Kier alpha value is -2.78. The van der Waals surface area contributed by atoms with Crippen LogP contribution in [0.2, 0.25) is 0 Å². The van der Waals surface area contributed by atoms with Crippen LogP contribution in [0.4, 0.5) is 4.39 Å². The third-order valence-electron chi connectivity index (χ3n) is 3.97.